The van der Waals surface area contributed by atoms with E-state index in [4.69, 9.17) is 4.74 Å². The number of nitrogens with zero attached hydrogens (tertiary/aromatic N) is 3. The first-order valence-electron chi connectivity index (χ1n) is 11.3. The molecule has 1 aliphatic rings. The molecule has 0 saturated heterocycles. The first kappa shape index (κ1) is 21.6. The number of amides is 1. The summed E-state index contributed by atoms with van der Waals surface area (Å²) in [4.78, 5) is 25.5. The van der Waals surface area contributed by atoms with Crippen molar-refractivity contribution in [1.82, 2.24) is 20.3 Å². The van der Waals surface area contributed by atoms with Crippen molar-refractivity contribution in [2.24, 2.45) is 0 Å². The molecule has 0 aliphatic carbocycles. The number of benzene rings is 1. The summed E-state index contributed by atoms with van der Waals surface area (Å²) < 4.78 is 5.94. The Labute approximate surface area is 198 Å². The highest BCUT2D eigenvalue weighted by atomic mass is 16.5. The van der Waals surface area contributed by atoms with Crippen LogP contribution in [0.3, 0.4) is 0 Å². The van der Waals surface area contributed by atoms with Crippen LogP contribution in [0.25, 0.3) is 11.1 Å². The van der Waals surface area contributed by atoms with Crippen molar-refractivity contribution in [3.8, 4) is 16.9 Å². The SMILES string of the molecule is O=C(NCCc1cccnc1)c1cccc(CNc2ncc(-c3ccncc3)c3c2CCO3)c1. The van der Waals surface area contributed by atoms with Gasteiger partial charge in [-0.3, -0.25) is 14.8 Å². The number of carbonyl (C=O) groups excluding carboxylic acids is 1. The molecule has 3 aromatic heterocycles. The van der Waals surface area contributed by atoms with Gasteiger partial charge in [0.2, 0.25) is 0 Å². The van der Waals surface area contributed by atoms with Crippen LogP contribution in [-0.2, 0) is 19.4 Å². The fourth-order valence-electron chi connectivity index (χ4n) is 4.05. The molecule has 1 aromatic carbocycles. The van der Waals surface area contributed by atoms with E-state index in [1.54, 1.807) is 18.6 Å². The topological polar surface area (TPSA) is 89.0 Å². The van der Waals surface area contributed by atoms with Crippen LogP contribution in [0.5, 0.6) is 5.75 Å². The summed E-state index contributed by atoms with van der Waals surface area (Å²) in [6, 6.07) is 15.5. The lowest BCUT2D eigenvalue weighted by molar-refractivity contribution is 0.0954. The van der Waals surface area contributed by atoms with E-state index >= 15 is 0 Å². The van der Waals surface area contributed by atoms with Gasteiger partial charge in [-0.15, -0.1) is 0 Å². The Bertz CT molecular complexity index is 1280. The zero-order valence-corrected chi connectivity index (χ0v) is 18.7. The largest absolute Gasteiger partial charge is 0.492 e. The quantitative estimate of drug-likeness (QED) is 0.420. The third kappa shape index (κ3) is 4.88. The predicted molar refractivity (Wildman–Crippen MR) is 131 cm³/mol. The van der Waals surface area contributed by atoms with Crippen LogP contribution in [0, 0.1) is 0 Å². The number of nitrogens with one attached hydrogen (secondary N) is 2. The Morgan fingerprint density at radius 2 is 1.85 bits per heavy atom. The lowest BCUT2D eigenvalue weighted by Crippen LogP contribution is -2.25. The summed E-state index contributed by atoms with van der Waals surface area (Å²) in [5.41, 5.74) is 5.84. The fraction of sp³-hybridized carbons (Fsp3) is 0.185. The number of fused-ring (bicyclic) bond motifs is 1. The molecule has 1 aliphatic heterocycles. The second kappa shape index (κ2) is 10.1. The molecule has 170 valence electrons. The Hall–Kier alpha value is -4.26. The number of ether oxygens (including phenoxy) is 1. The average Bonchev–Trinajstić information content (AvgIpc) is 3.39. The molecule has 4 heterocycles. The van der Waals surface area contributed by atoms with Gasteiger partial charge in [0.05, 0.1) is 6.61 Å². The Balaban J connectivity index is 1.23. The van der Waals surface area contributed by atoms with E-state index in [1.807, 2.05) is 60.9 Å². The van der Waals surface area contributed by atoms with Crippen molar-refractivity contribution in [3.63, 3.8) is 0 Å². The highest BCUT2D eigenvalue weighted by Gasteiger charge is 2.22. The Morgan fingerprint density at radius 3 is 2.71 bits per heavy atom. The van der Waals surface area contributed by atoms with Crippen LogP contribution < -0.4 is 15.4 Å². The molecule has 0 radical (unpaired) electrons. The molecule has 5 rings (SSSR count). The van der Waals surface area contributed by atoms with E-state index in [-0.39, 0.29) is 5.91 Å². The number of rotatable bonds is 8. The number of hydrogen-bond acceptors (Lipinski definition) is 6. The average molecular weight is 452 g/mol. The molecule has 0 bridgehead atoms. The van der Waals surface area contributed by atoms with E-state index in [0.717, 1.165) is 52.2 Å². The second-order valence-electron chi connectivity index (χ2n) is 8.08. The van der Waals surface area contributed by atoms with Gasteiger partial charge < -0.3 is 15.4 Å². The lowest BCUT2D eigenvalue weighted by atomic mass is 10.0. The van der Waals surface area contributed by atoms with Crippen molar-refractivity contribution in [2.45, 2.75) is 19.4 Å². The van der Waals surface area contributed by atoms with Crippen molar-refractivity contribution >= 4 is 11.7 Å². The maximum atomic E-state index is 12.6. The van der Waals surface area contributed by atoms with E-state index in [2.05, 4.69) is 25.6 Å². The van der Waals surface area contributed by atoms with Crippen LogP contribution in [0.15, 0.2) is 79.5 Å². The maximum Gasteiger partial charge on any atom is 0.251 e. The molecule has 0 atom stereocenters. The van der Waals surface area contributed by atoms with Crippen LogP contribution in [0.4, 0.5) is 5.82 Å². The first-order chi connectivity index (χ1) is 16.8. The summed E-state index contributed by atoms with van der Waals surface area (Å²) in [6.45, 7) is 1.76. The highest BCUT2D eigenvalue weighted by molar-refractivity contribution is 5.94. The van der Waals surface area contributed by atoms with Crippen LogP contribution >= 0.6 is 0 Å². The molecule has 1 amide bonds. The van der Waals surface area contributed by atoms with E-state index in [0.29, 0.717) is 25.3 Å². The van der Waals surface area contributed by atoms with E-state index < -0.39 is 0 Å². The minimum atomic E-state index is -0.0835. The molecule has 7 nitrogen and oxygen atoms in total. The lowest BCUT2D eigenvalue weighted by Gasteiger charge is -2.13. The summed E-state index contributed by atoms with van der Waals surface area (Å²) in [5.74, 6) is 1.61. The normalized spacial score (nSPS) is 12.0. The van der Waals surface area contributed by atoms with Crippen LogP contribution in [-0.4, -0.2) is 34.0 Å². The zero-order valence-electron chi connectivity index (χ0n) is 18.7. The fourth-order valence-corrected chi connectivity index (χ4v) is 4.05. The van der Waals surface area contributed by atoms with Crippen LogP contribution in [0.2, 0.25) is 0 Å². The van der Waals surface area contributed by atoms with Crippen molar-refractivity contribution in [1.29, 1.82) is 0 Å². The second-order valence-corrected chi connectivity index (χ2v) is 8.08. The van der Waals surface area contributed by atoms with Gasteiger partial charge in [0.1, 0.15) is 11.6 Å². The third-order valence-corrected chi connectivity index (χ3v) is 5.79. The van der Waals surface area contributed by atoms with E-state index in [9.17, 15) is 4.79 Å². The number of anilines is 1. The van der Waals surface area contributed by atoms with Gasteiger partial charge in [-0.25, -0.2) is 4.98 Å². The smallest absolute Gasteiger partial charge is 0.251 e. The van der Waals surface area contributed by atoms with Gasteiger partial charge >= 0.3 is 0 Å². The summed E-state index contributed by atoms with van der Waals surface area (Å²) in [5, 5.41) is 6.41. The monoisotopic (exact) mass is 451 g/mol. The number of carbonyl (C=O) groups is 1. The maximum absolute atomic E-state index is 12.6. The Morgan fingerprint density at radius 1 is 0.971 bits per heavy atom. The summed E-state index contributed by atoms with van der Waals surface area (Å²) in [7, 11) is 0. The number of hydrogen-bond donors (Lipinski definition) is 2. The molecule has 0 fully saturated rings. The molecule has 7 heteroatoms. The van der Waals surface area contributed by atoms with Gasteiger partial charge in [0.25, 0.3) is 5.91 Å². The molecule has 34 heavy (non-hydrogen) atoms. The van der Waals surface area contributed by atoms with Crippen molar-refractivity contribution in [2.75, 3.05) is 18.5 Å². The molecule has 0 unspecified atom stereocenters. The van der Waals surface area contributed by atoms with Gasteiger partial charge in [-0.1, -0.05) is 18.2 Å². The molecular weight excluding hydrogens is 426 g/mol. The molecule has 0 spiro atoms. The van der Waals surface area contributed by atoms with Gasteiger partial charge in [0.15, 0.2) is 0 Å². The zero-order chi connectivity index (χ0) is 23.2. The standard InChI is InChI=1S/C27H25N5O2/c33-27(30-13-6-19-4-2-10-29-16-19)22-5-1-3-20(15-22)17-31-26-23-9-14-34-25(23)24(18-32-26)21-7-11-28-12-8-21/h1-5,7-8,10-12,15-16,18H,6,9,13-14,17H2,(H,30,33)(H,31,32). The highest BCUT2D eigenvalue weighted by Crippen LogP contribution is 2.39. The molecular formula is C27H25N5O2. The predicted octanol–water partition coefficient (Wildman–Crippen LogP) is 4.06. The Kier molecular flexibility index (Phi) is 6.42. The minimum Gasteiger partial charge on any atom is -0.492 e. The number of aromatic nitrogens is 3. The van der Waals surface area contributed by atoms with Gasteiger partial charge in [0, 0.05) is 67.2 Å². The third-order valence-electron chi connectivity index (χ3n) is 5.79. The van der Waals surface area contributed by atoms with Crippen molar-refractivity contribution < 1.29 is 9.53 Å². The van der Waals surface area contributed by atoms with Gasteiger partial charge in [-0.2, -0.15) is 0 Å². The molecule has 0 saturated carbocycles. The molecule has 2 N–H and O–H groups in total. The summed E-state index contributed by atoms with van der Waals surface area (Å²) in [6.07, 6.45) is 10.5. The first-order valence-corrected chi connectivity index (χ1v) is 11.3. The minimum absolute atomic E-state index is 0.0835. The number of pyridine rings is 3. The van der Waals surface area contributed by atoms with E-state index in [1.165, 1.54) is 0 Å². The van der Waals surface area contributed by atoms with Crippen molar-refractivity contribution in [3.05, 3.63) is 102 Å². The van der Waals surface area contributed by atoms with Crippen LogP contribution in [0.1, 0.15) is 27.0 Å². The molecule has 4 aromatic rings. The summed E-state index contributed by atoms with van der Waals surface area (Å²) >= 11 is 0. The van der Waals surface area contributed by atoms with Gasteiger partial charge in [-0.05, 0) is 53.4 Å².